The molecule has 2 rings (SSSR count). The van der Waals surface area contributed by atoms with Gasteiger partial charge in [0.2, 0.25) is 0 Å². The van der Waals surface area contributed by atoms with E-state index in [4.69, 9.17) is 11.6 Å². The molecule has 3 heteroatoms. The molecule has 0 bridgehead atoms. The quantitative estimate of drug-likeness (QED) is 0.474. The summed E-state index contributed by atoms with van der Waals surface area (Å²) in [6.07, 6.45) is 4.22. The molecule has 1 heterocycles. The van der Waals surface area contributed by atoms with Gasteiger partial charge in [-0.15, -0.1) is 0 Å². The number of piperidine rings is 1. The third-order valence-electron chi connectivity index (χ3n) is 3.76. The SMILES string of the molecule is Cc1ccc(CC2CCN(C(Cl)C=O)CC2)cc1. The van der Waals surface area contributed by atoms with E-state index in [1.54, 1.807) is 0 Å². The number of hydrogen-bond donors (Lipinski definition) is 0. The largest absolute Gasteiger partial charge is 0.300 e. The standard InChI is InChI=1S/C15H20ClNO/c1-12-2-4-13(5-3-12)10-14-6-8-17(9-7-14)15(16)11-18/h2-5,11,14-15H,6-10H2,1H3. The molecule has 1 fully saturated rings. The molecule has 0 aromatic heterocycles. The molecule has 1 atom stereocenters. The summed E-state index contributed by atoms with van der Waals surface area (Å²) in [4.78, 5) is 12.7. The predicted molar refractivity (Wildman–Crippen MR) is 74.9 cm³/mol. The molecule has 0 radical (unpaired) electrons. The summed E-state index contributed by atoms with van der Waals surface area (Å²) in [6, 6.07) is 8.78. The van der Waals surface area contributed by atoms with E-state index in [0.717, 1.165) is 44.6 Å². The molecule has 1 aromatic rings. The number of aldehydes is 1. The Morgan fingerprint density at radius 2 is 1.94 bits per heavy atom. The minimum Gasteiger partial charge on any atom is -0.300 e. The van der Waals surface area contributed by atoms with Crippen LogP contribution in [-0.4, -0.2) is 29.8 Å². The maximum Gasteiger partial charge on any atom is 0.152 e. The second kappa shape index (κ2) is 6.35. The van der Waals surface area contributed by atoms with Gasteiger partial charge in [0, 0.05) is 13.1 Å². The zero-order valence-electron chi connectivity index (χ0n) is 10.8. The number of hydrogen-bond acceptors (Lipinski definition) is 2. The number of likely N-dealkylation sites (tertiary alicyclic amines) is 1. The molecule has 1 aliphatic rings. The summed E-state index contributed by atoms with van der Waals surface area (Å²) in [5, 5.41) is 0. The minimum absolute atomic E-state index is 0.440. The van der Waals surface area contributed by atoms with Crippen molar-refractivity contribution in [1.29, 1.82) is 0 Å². The van der Waals surface area contributed by atoms with E-state index in [1.807, 2.05) is 0 Å². The van der Waals surface area contributed by atoms with Gasteiger partial charge in [-0.3, -0.25) is 4.90 Å². The van der Waals surface area contributed by atoms with Gasteiger partial charge in [0.05, 0.1) is 0 Å². The molecule has 1 aliphatic heterocycles. The molecular weight excluding hydrogens is 246 g/mol. The first-order valence-corrected chi connectivity index (χ1v) is 7.01. The van der Waals surface area contributed by atoms with Gasteiger partial charge >= 0.3 is 0 Å². The van der Waals surface area contributed by atoms with Crippen molar-refractivity contribution in [2.24, 2.45) is 5.92 Å². The fourth-order valence-electron chi connectivity index (χ4n) is 2.55. The van der Waals surface area contributed by atoms with Crippen molar-refractivity contribution < 1.29 is 4.79 Å². The number of benzene rings is 1. The molecule has 0 aliphatic carbocycles. The van der Waals surface area contributed by atoms with E-state index in [9.17, 15) is 4.79 Å². The van der Waals surface area contributed by atoms with Crippen LogP contribution in [0.2, 0.25) is 0 Å². The molecule has 0 N–H and O–H groups in total. The van der Waals surface area contributed by atoms with E-state index in [0.29, 0.717) is 0 Å². The van der Waals surface area contributed by atoms with E-state index in [-0.39, 0.29) is 0 Å². The summed E-state index contributed by atoms with van der Waals surface area (Å²) in [5.41, 5.74) is 2.28. The second-order valence-electron chi connectivity index (χ2n) is 5.18. The van der Waals surface area contributed by atoms with Gasteiger partial charge in [-0.1, -0.05) is 41.4 Å². The van der Waals surface area contributed by atoms with E-state index in [2.05, 4.69) is 36.1 Å². The summed E-state index contributed by atoms with van der Waals surface area (Å²) >= 11 is 5.93. The number of carbonyl (C=O) groups excluding carboxylic acids is 1. The highest BCUT2D eigenvalue weighted by Crippen LogP contribution is 2.23. The highest BCUT2D eigenvalue weighted by molar-refractivity contribution is 6.27. The van der Waals surface area contributed by atoms with Crippen molar-refractivity contribution >= 4 is 17.9 Å². The van der Waals surface area contributed by atoms with Crippen LogP contribution < -0.4 is 0 Å². The lowest BCUT2D eigenvalue weighted by molar-refractivity contribution is -0.110. The maximum absolute atomic E-state index is 10.6. The van der Waals surface area contributed by atoms with Gasteiger partial charge in [0.25, 0.3) is 0 Å². The first-order chi connectivity index (χ1) is 8.69. The smallest absolute Gasteiger partial charge is 0.152 e. The summed E-state index contributed by atoms with van der Waals surface area (Å²) in [5.74, 6) is 0.722. The average molecular weight is 266 g/mol. The topological polar surface area (TPSA) is 20.3 Å². The Balaban J connectivity index is 1.83. The van der Waals surface area contributed by atoms with Crippen LogP contribution in [0.3, 0.4) is 0 Å². The van der Waals surface area contributed by atoms with Crippen molar-refractivity contribution in [2.75, 3.05) is 13.1 Å². The van der Waals surface area contributed by atoms with Gasteiger partial charge in [-0.25, -0.2) is 0 Å². The molecule has 1 aromatic carbocycles. The first-order valence-electron chi connectivity index (χ1n) is 6.58. The fraction of sp³-hybridized carbons (Fsp3) is 0.533. The average Bonchev–Trinajstić information content (AvgIpc) is 2.41. The Labute approximate surface area is 114 Å². The molecule has 18 heavy (non-hydrogen) atoms. The Morgan fingerprint density at radius 3 is 2.50 bits per heavy atom. The van der Waals surface area contributed by atoms with Crippen molar-refractivity contribution in [2.45, 2.75) is 31.7 Å². The number of carbonyl (C=O) groups is 1. The molecular formula is C15H20ClNO. The van der Waals surface area contributed by atoms with Gasteiger partial charge in [-0.05, 0) is 37.7 Å². The molecule has 0 amide bonds. The first kappa shape index (κ1) is 13.6. The third kappa shape index (κ3) is 3.56. The lowest BCUT2D eigenvalue weighted by atomic mass is 9.90. The van der Waals surface area contributed by atoms with Gasteiger partial charge < -0.3 is 4.79 Å². The Morgan fingerprint density at radius 1 is 1.33 bits per heavy atom. The highest BCUT2D eigenvalue weighted by atomic mass is 35.5. The van der Waals surface area contributed by atoms with Crippen molar-refractivity contribution in [3.8, 4) is 0 Å². The predicted octanol–water partition coefficient (Wildman–Crippen LogP) is 3.01. The molecule has 1 saturated heterocycles. The summed E-state index contributed by atoms with van der Waals surface area (Å²) < 4.78 is 0. The van der Waals surface area contributed by atoms with Gasteiger partial charge in [0.1, 0.15) is 5.50 Å². The van der Waals surface area contributed by atoms with Crippen molar-refractivity contribution in [3.05, 3.63) is 35.4 Å². The van der Waals surface area contributed by atoms with Crippen LogP contribution in [0.4, 0.5) is 0 Å². The molecule has 2 nitrogen and oxygen atoms in total. The highest BCUT2D eigenvalue weighted by Gasteiger charge is 2.23. The van der Waals surface area contributed by atoms with Crippen molar-refractivity contribution in [3.63, 3.8) is 0 Å². The Hall–Kier alpha value is -0.860. The van der Waals surface area contributed by atoms with Crippen LogP contribution in [-0.2, 0) is 11.2 Å². The molecule has 1 unspecified atom stereocenters. The molecule has 0 spiro atoms. The lowest BCUT2D eigenvalue weighted by Crippen LogP contribution is -2.39. The zero-order chi connectivity index (χ0) is 13.0. The number of nitrogens with zero attached hydrogens (tertiary/aromatic N) is 1. The Bertz CT molecular complexity index is 382. The van der Waals surface area contributed by atoms with Gasteiger partial charge in [0.15, 0.2) is 6.29 Å². The van der Waals surface area contributed by atoms with Crippen LogP contribution in [0.1, 0.15) is 24.0 Å². The molecule has 0 saturated carbocycles. The number of halogens is 1. The second-order valence-corrected chi connectivity index (χ2v) is 5.62. The lowest BCUT2D eigenvalue weighted by Gasteiger charge is -2.32. The monoisotopic (exact) mass is 265 g/mol. The minimum atomic E-state index is -0.440. The zero-order valence-corrected chi connectivity index (χ0v) is 11.6. The molecule has 98 valence electrons. The normalized spacial score (nSPS) is 19.7. The van der Waals surface area contributed by atoms with Gasteiger partial charge in [-0.2, -0.15) is 0 Å². The maximum atomic E-state index is 10.6. The van der Waals surface area contributed by atoms with E-state index in [1.165, 1.54) is 11.1 Å². The number of rotatable bonds is 4. The number of aryl methyl sites for hydroxylation is 1. The summed E-state index contributed by atoms with van der Waals surface area (Å²) in [6.45, 7) is 3.98. The van der Waals surface area contributed by atoms with E-state index < -0.39 is 5.50 Å². The van der Waals surface area contributed by atoms with Crippen LogP contribution in [0.5, 0.6) is 0 Å². The third-order valence-corrected chi connectivity index (χ3v) is 4.13. The number of alkyl halides is 1. The summed E-state index contributed by atoms with van der Waals surface area (Å²) in [7, 11) is 0. The van der Waals surface area contributed by atoms with Crippen LogP contribution in [0.25, 0.3) is 0 Å². The van der Waals surface area contributed by atoms with Crippen LogP contribution in [0, 0.1) is 12.8 Å². The van der Waals surface area contributed by atoms with Crippen LogP contribution in [0.15, 0.2) is 24.3 Å². The van der Waals surface area contributed by atoms with Crippen LogP contribution >= 0.6 is 11.6 Å². The fourth-order valence-corrected chi connectivity index (χ4v) is 2.74. The van der Waals surface area contributed by atoms with Crippen molar-refractivity contribution in [1.82, 2.24) is 4.90 Å². The Kier molecular flexibility index (Phi) is 4.79. The van der Waals surface area contributed by atoms with E-state index >= 15 is 0 Å².